The van der Waals surface area contributed by atoms with Crippen molar-refractivity contribution in [1.82, 2.24) is 5.43 Å². The van der Waals surface area contributed by atoms with Crippen molar-refractivity contribution < 1.29 is 14.6 Å². The summed E-state index contributed by atoms with van der Waals surface area (Å²) < 4.78 is 5.62. The molecule has 0 heterocycles. The Kier molecular flexibility index (Phi) is 6.37. The van der Waals surface area contributed by atoms with Crippen molar-refractivity contribution in [1.29, 1.82) is 0 Å². The number of para-hydroxylation sites is 1. The number of carbonyl (C=O) groups is 1. The largest absolute Gasteiger partial charge is 0.508 e. The Morgan fingerprint density at radius 1 is 1.29 bits per heavy atom. The molecule has 5 heteroatoms. The lowest BCUT2D eigenvalue weighted by Crippen LogP contribution is -2.24. The summed E-state index contributed by atoms with van der Waals surface area (Å²) in [6.45, 7) is 4.14. The van der Waals surface area contributed by atoms with Gasteiger partial charge in [-0.25, -0.2) is 5.43 Å². The molecule has 0 saturated carbocycles. The molecule has 24 heavy (non-hydrogen) atoms. The molecule has 0 radical (unpaired) electrons. The minimum atomic E-state index is -0.342. The maximum atomic E-state index is 11.8. The molecule has 0 aromatic heterocycles. The van der Waals surface area contributed by atoms with Gasteiger partial charge >= 0.3 is 0 Å². The van der Waals surface area contributed by atoms with Crippen LogP contribution in [0.2, 0.25) is 0 Å². The molecule has 2 aromatic rings. The first-order valence-corrected chi connectivity index (χ1v) is 7.92. The van der Waals surface area contributed by atoms with Crippen molar-refractivity contribution in [2.24, 2.45) is 5.10 Å². The Hall–Kier alpha value is -2.82. The summed E-state index contributed by atoms with van der Waals surface area (Å²) in [5.41, 5.74) is 4.19. The van der Waals surface area contributed by atoms with E-state index in [0.29, 0.717) is 11.5 Å². The number of phenolic OH excluding ortho intramolecular Hbond substituents is 1. The highest BCUT2D eigenvalue weighted by molar-refractivity contribution is 5.83. The van der Waals surface area contributed by atoms with Crippen LogP contribution in [0.15, 0.2) is 53.6 Å². The highest BCUT2D eigenvalue weighted by atomic mass is 16.5. The number of nitrogens with one attached hydrogen (secondary N) is 1. The van der Waals surface area contributed by atoms with Gasteiger partial charge in [0, 0.05) is 0 Å². The van der Waals surface area contributed by atoms with E-state index in [4.69, 9.17) is 4.74 Å². The van der Waals surface area contributed by atoms with Gasteiger partial charge in [-0.1, -0.05) is 44.2 Å². The van der Waals surface area contributed by atoms with E-state index >= 15 is 0 Å². The van der Waals surface area contributed by atoms with E-state index in [2.05, 4.69) is 24.4 Å². The third-order valence-corrected chi connectivity index (χ3v) is 3.69. The molecule has 2 N–H and O–H groups in total. The fourth-order valence-electron chi connectivity index (χ4n) is 2.20. The number of nitrogens with zero attached hydrogens (tertiary/aromatic N) is 1. The lowest BCUT2D eigenvalue weighted by Gasteiger charge is -2.15. The summed E-state index contributed by atoms with van der Waals surface area (Å²) in [5, 5.41) is 13.2. The van der Waals surface area contributed by atoms with Crippen molar-refractivity contribution in [2.75, 3.05) is 6.61 Å². The SMILES string of the molecule is CCC(C)c1ccccc1OCC(=O)N/N=C/c1cccc(O)c1. The first-order valence-electron chi connectivity index (χ1n) is 7.92. The number of aromatic hydroxyl groups is 1. The molecule has 1 unspecified atom stereocenters. The lowest BCUT2D eigenvalue weighted by atomic mass is 9.98. The minimum absolute atomic E-state index is 0.106. The Morgan fingerprint density at radius 3 is 2.83 bits per heavy atom. The van der Waals surface area contributed by atoms with Crippen LogP contribution in [-0.2, 0) is 4.79 Å². The summed E-state index contributed by atoms with van der Waals surface area (Å²) in [4.78, 5) is 11.8. The predicted octanol–water partition coefficient (Wildman–Crippen LogP) is 3.43. The molecule has 1 amide bonds. The van der Waals surface area contributed by atoms with Crippen molar-refractivity contribution in [3.8, 4) is 11.5 Å². The third kappa shape index (κ3) is 5.12. The quantitative estimate of drug-likeness (QED) is 0.605. The Morgan fingerprint density at radius 2 is 2.08 bits per heavy atom. The zero-order chi connectivity index (χ0) is 17.4. The molecule has 0 bridgehead atoms. The van der Waals surface area contributed by atoms with Crippen LogP contribution in [-0.4, -0.2) is 23.8 Å². The van der Waals surface area contributed by atoms with Crippen molar-refractivity contribution in [3.05, 3.63) is 59.7 Å². The summed E-state index contributed by atoms with van der Waals surface area (Å²) in [6.07, 6.45) is 2.46. The van der Waals surface area contributed by atoms with Gasteiger partial charge in [-0.15, -0.1) is 0 Å². The molecule has 0 saturated heterocycles. The van der Waals surface area contributed by atoms with Gasteiger partial charge in [0.15, 0.2) is 6.61 Å². The van der Waals surface area contributed by atoms with Crippen molar-refractivity contribution >= 4 is 12.1 Å². The fraction of sp³-hybridized carbons (Fsp3) is 0.263. The van der Waals surface area contributed by atoms with Gasteiger partial charge in [0.25, 0.3) is 5.91 Å². The van der Waals surface area contributed by atoms with Crippen molar-refractivity contribution in [2.45, 2.75) is 26.2 Å². The zero-order valence-electron chi connectivity index (χ0n) is 13.9. The summed E-state index contributed by atoms with van der Waals surface area (Å²) in [5.74, 6) is 0.896. The summed E-state index contributed by atoms with van der Waals surface area (Å²) >= 11 is 0. The first kappa shape index (κ1) is 17.5. The second-order valence-corrected chi connectivity index (χ2v) is 5.52. The molecule has 2 rings (SSSR count). The lowest BCUT2D eigenvalue weighted by molar-refractivity contribution is -0.123. The van der Waals surface area contributed by atoms with E-state index in [9.17, 15) is 9.90 Å². The molecule has 0 aliphatic rings. The monoisotopic (exact) mass is 326 g/mol. The topological polar surface area (TPSA) is 70.9 Å². The standard InChI is InChI=1S/C19H22N2O3/c1-3-14(2)17-9-4-5-10-18(17)24-13-19(23)21-20-12-15-7-6-8-16(22)11-15/h4-12,14,22H,3,13H2,1-2H3,(H,21,23)/b20-12+. The number of rotatable bonds is 7. The molecule has 0 aliphatic heterocycles. The normalized spacial score (nSPS) is 12.1. The average molecular weight is 326 g/mol. The number of ether oxygens (including phenoxy) is 1. The minimum Gasteiger partial charge on any atom is -0.508 e. The van der Waals surface area contributed by atoms with E-state index in [0.717, 1.165) is 17.7 Å². The van der Waals surface area contributed by atoms with Crippen molar-refractivity contribution in [3.63, 3.8) is 0 Å². The molecule has 126 valence electrons. The maximum Gasteiger partial charge on any atom is 0.277 e. The maximum absolute atomic E-state index is 11.8. The summed E-state index contributed by atoms with van der Waals surface area (Å²) in [6, 6.07) is 14.3. The van der Waals surface area contributed by atoms with E-state index in [1.54, 1.807) is 24.3 Å². The fourth-order valence-corrected chi connectivity index (χ4v) is 2.20. The van der Waals surface area contributed by atoms with Gasteiger partial charge in [0.05, 0.1) is 6.21 Å². The Bertz CT molecular complexity index is 713. The molecule has 0 spiro atoms. The number of hydrogen-bond acceptors (Lipinski definition) is 4. The molecule has 0 fully saturated rings. The van der Waals surface area contributed by atoms with Gasteiger partial charge in [-0.05, 0) is 41.7 Å². The van der Waals surface area contributed by atoms with Gasteiger partial charge in [-0.2, -0.15) is 5.10 Å². The van der Waals surface area contributed by atoms with E-state index in [1.165, 1.54) is 6.21 Å². The third-order valence-electron chi connectivity index (χ3n) is 3.69. The van der Waals surface area contributed by atoms with Crippen LogP contribution in [0, 0.1) is 0 Å². The van der Waals surface area contributed by atoms with Gasteiger partial charge in [-0.3, -0.25) is 4.79 Å². The van der Waals surface area contributed by atoms with Crippen LogP contribution in [0.5, 0.6) is 11.5 Å². The Balaban J connectivity index is 1.88. The van der Waals surface area contributed by atoms with Crippen LogP contribution >= 0.6 is 0 Å². The second kappa shape index (κ2) is 8.72. The number of benzene rings is 2. The van der Waals surface area contributed by atoms with Crippen LogP contribution < -0.4 is 10.2 Å². The zero-order valence-corrected chi connectivity index (χ0v) is 13.9. The molecule has 2 aromatic carbocycles. The second-order valence-electron chi connectivity index (χ2n) is 5.52. The highest BCUT2D eigenvalue weighted by Crippen LogP contribution is 2.28. The van der Waals surface area contributed by atoms with Crippen LogP contribution in [0.25, 0.3) is 0 Å². The van der Waals surface area contributed by atoms with Gasteiger partial charge < -0.3 is 9.84 Å². The first-order chi connectivity index (χ1) is 11.6. The predicted molar refractivity (Wildman–Crippen MR) is 94.5 cm³/mol. The number of amides is 1. The molecule has 0 aliphatic carbocycles. The molecule has 5 nitrogen and oxygen atoms in total. The van der Waals surface area contributed by atoms with E-state index in [1.807, 2.05) is 24.3 Å². The molecule has 1 atom stereocenters. The summed E-state index contributed by atoms with van der Waals surface area (Å²) in [7, 11) is 0. The van der Waals surface area contributed by atoms with Crippen LogP contribution in [0.1, 0.15) is 37.3 Å². The number of hydrazone groups is 1. The number of hydrogen-bond donors (Lipinski definition) is 2. The molecular weight excluding hydrogens is 304 g/mol. The Labute approximate surface area is 142 Å². The van der Waals surface area contributed by atoms with E-state index in [-0.39, 0.29) is 18.3 Å². The van der Waals surface area contributed by atoms with Crippen LogP contribution in [0.3, 0.4) is 0 Å². The number of phenols is 1. The average Bonchev–Trinajstić information content (AvgIpc) is 2.59. The number of carbonyl (C=O) groups excluding carboxylic acids is 1. The molecular formula is C19H22N2O3. The van der Waals surface area contributed by atoms with Crippen LogP contribution in [0.4, 0.5) is 0 Å². The highest BCUT2D eigenvalue weighted by Gasteiger charge is 2.10. The van der Waals surface area contributed by atoms with Gasteiger partial charge in [0.1, 0.15) is 11.5 Å². The van der Waals surface area contributed by atoms with Gasteiger partial charge in [0.2, 0.25) is 0 Å². The van der Waals surface area contributed by atoms with E-state index < -0.39 is 0 Å². The smallest absolute Gasteiger partial charge is 0.277 e.